The molecule has 0 saturated carbocycles. The minimum Gasteiger partial charge on any atom is -0.332 e. The Labute approximate surface area is 124 Å². The third kappa shape index (κ3) is 2.58. The van der Waals surface area contributed by atoms with Crippen molar-refractivity contribution in [2.45, 2.75) is 18.9 Å². The van der Waals surface area contributed by atoms with Gasteiger partial charge >= 0.3 is 0 Å². The summed E-state index contributed by atoms with van der Waals surface area (Å²) >= 11 is 4.97. The molecular weight excluding hydrogens is 324 g/mol. The minimum absolute atomic E-state index is 0.0775. The monoisotopic (exact) mass is 336 g/mol. The van der Waals surface area contributed by atoms with Crippen molar-refractivity contribution in [2.75, 3.05) is 6.54 Å². The standard InChI is InChI=1S/C14H13BrN2OS/c15-13-4-3-10(8-16-13)14(18)17-6-1-2-12(17)11-5-7-19-9-11/h3-5,7-9,12H,1-2,6H2. The van der Waals surface area contributed by atoms with Crippen LogP contribution in [0.5, 0.6) is 0 Å². The highest BCUT2D eigenvalue weighted by Gasteiger charge is 2.30. The number of pyridine rings is 1. The Morgan fingerprint density at radius 1 is 1.42 bits per heavy atom. The lowest BCUT2D eigenvalue weighted by Crippen LogP contribution is -2.30. The first-order valence-electron chi connectivity index (χ1n) is 6.20. The van der Waals surface area contributed by atoms with Crippen LogP contribution in [0.4, 0.5) is 0 Å². The van der Waals surface area contributed by atoms with Crippen molar-refractivity contribution in [3.8, 4) is 0 Å². The second-order valence-electron chi connectivity index (χ2n) is 4.58. The maximum Gasteiger partial charge on any atom is 0.255 e. The molecule has 2 aromatic rings. The second-order valence-corrected chi connectivity index (χ2v) is 6.18. The van der Waals surface area contributed by atoms with Crippen LogP contribution < -0.4 is 0 Å². The highest BCUT2D eigenvalue weighted by atomic mass is 79.9. The summed E-state index contributed by atoms with van der Waals surface area (Å²) in [6.45, 7) is 0.829. The summed E-state index contributed by atoms with van der Waals surface area (Å²) in [5.74, 6) is 0.0775. The number of carbonyl (C=O) groups is 1. The van der Waals surface area contributed by atoms with Crippen LogP contribution in [0.3, 0.4) is 0 Å². The molecule has 1 aliphatic heterocycles. The van der Waals surface area contributed by atoms with Crippen molar-refractivity contribution in [3.63, 3.8) is 0 Å². The summed E-state index contributed by atoms with van der Waals surface area (Å²) in [7, 11) is 0. The lowest BCUT2D eigenvalue weighted by molar-refractivity contribution is 0.0735. The molecule has 1 atom stereocenters. The average molecular weight is 337 g/mol. The minimum atomic E-state index is 0.0775. The Bertz CT molecular complexity index is 568. The van der Waals surface area contributed by atoms with Gasteiger partial charge in [0.2, 0.25) is 0 Å². The quantitative estimate of drug-likeness (QED) is 0.779. The summed E-state index contributed by atoms with van der Waals surface area (Å²) in [6.07, 6.45) is 3.75. The van der Waals surface area contributed by atoms with Gasteiger partial charge in [-0.15, -0.1) is 0 Å². The van der Waals surface area contributed by atoms with E-state index in [-0.39, 0.29) is 11.9 Å². The molecule has 98 valence electrons. The predicted octanol–water partition coefficient (Wildman–Crippen LogP) is 3.88. The van der Waals surface area contributed by atoms with Gasteiger partial charge in [0.15, 0.2) is 0 Å². The summed E-state index contributed by atoms with van der Waals surface area (Å²) in [6, 6.07) is 5.97. The van der Waals surface area contributed by atoms with E-state index in [1.165, 1.54) is 5.56 Å². The molecule has 1 fully saturated rings. The Kier molecular flexibility index (Phi) is 3.66. The number of hydrogen-bond acceptors (Lipinski definition) is 3. The van der Waals surface area contributed by atoms with Crippen LogP contribution in [0.1, 0.15) is 34.8 Å². The molecule has 19 heavy (non-hydrogen) atoms. The predicted molar refractivity (Wildman–Crippen MR) is 79.3 cm³/mol. The highest BCUT2D eigenvalue weighted by Crippen LogP contribution is 2.34. The maximum atomic E-state index is 12.5. The van der Waals surface area contributed by atoms with Gasteiger partial charge in [-0.05, 0) is 63.3 Å². The molecule has 1 amide bonds. The third-order valence-corrected chi connectivity index (χ3v) is 4.59. The molecule has 0 radical (unpaired) electrons. The molecule has 0 bridgehead atoms. The van der Waals surface area contributed by atoms with Crippen LogP contribution in [-0.2, 0) is 0 Å². The zero-order chi connectivity index (χ0) is 13.2. The van der Waals surface area contributed by atoms with E-state index in [2.05, 4.69) is 37.7 Å². The molecule has 3 rings (SSSR count). The summed E-state index contributed by atoms with van der Waals surface area (Å²) in [5, 5.41) is 4.20. The van der Waals surface area contributed by atoms with E-state index in [0.29, 0.717) is 5.56 Å². The van der Waals surface area contributed by atoms with E-state index < -0.39 is 0 Å². The van der Waals surface area contributed by atoms with Crippen molar-refractivity contribution < 1.29 is 4.79 Å². The molecule has 3 heterocycles. The van der Waals surface area contributed by atoms with Crippen molar-refractivity contribution >= 4 is 33.2 Å². The highest BCUT2D eigenvalue weighted by molar-refractivity contribution is 9.10. The van der Waals surface area contributed by atoms with Crippen molar-refractivity contribution in [1.82, 2.24) is 9.88 Å². The zero-order valence-corrected chi connectivity index (χ0v) is 12.7. The first kappa shape index (κ1) is 12.8. The average Bonchev–Trinajstić information content (AvgIpc) is 3.09. The topological polar surface area (TPSA) is 33.2 Å². The Hall–Kier alpha value is -1.20. The van der Waals surface area contributed by atoms with Crippen molar-refractivity contribution in [3.05, 3.63) is 50.9 Å². The van der Waals surface area contributed by atoms with E-state index >= 15 is 0 Å². The molecular formula is C14H13BrN2OS. The lowest BCUT2D eigenvalue weighted by Gasteiger charge is -2.24. The number of amides is 1. The normalized spacial score (nSPS) is 18.8. The molecule has 0 aliphatic carbocycles. The van der Waals surface area contributed by atoms with Crippen LogP contribution in [0, 0.1) is 0 Å². The van der Waals surface area contributed by atoms with E-state index in [1.54, 1.807) is 17.5 Å². The number of thiophene rings is 1. The van der Waals surface area contributed by atoms with Crippen LogP contribution in [0.15, 0.2) is 39.8 Å². The van der Waals surface area contributed by atoms with E-state index in [9.17, 15) is 4.79 Å². The summed E-state index contributed by atoms with van der Waals surface area (Å²) in [5.41, 5.74) is 1.91. The van der Waals surface area contributed by atoms with Crippen LogP contribution in [-0.4, -0.2) is 22.3 Å². The molecule has 0 N–H and O–H groups in total. The number of likely N-dealkylation sites (tertiary alicyclic amines) is 1. The van der Waals surface area contributed by atoms with Crippen LogP contribution in [0.2, 0.25) is 0 Å². The van der Waals surface area contributed by atoms with Gasteiger partial charge in [-0.1, -0.05) is 0 Å². The fraction of sp³-hybridized carbons (Fsp3) is 0.286. The van der Waals surface area contributed by atoms with Gasteiger partial charge in [0.05, 0.1) is 11.6 Å². The molecule has 1 aliphatic rings. The fourth-order valence-electron chi connectivity index (χ4n) is 2.49. The molecule has 0 aromatic carbocycles. The fourth-order valence-corrected chi connectivity index (χ4v) is 3.43. The second kappa shape index (κ2) is 5.43. The van der Waals surface area contributed by atoms with Gasteiger partial charge in [-0.25, -0.2) is 4.98 Å². The van der Waals surface area contributed by atoms with Crippen LogP contribution in [0.25, 0.3) is 0 Å². The maximum absolute atomic E-state index is 12.5. The Morgan fingerprint density at radius 3 is 3.00 bits per heavy atom. The number of nitrogens with zero attached hydrogens (tertiary/aromatic N) is 2. The SMILES string of the molecule is O=C(c1ccc(Br)nc1)N1CCCC1c1ccsc1. The van der Waals surface area contributed by atoms with Gasteiger partial charge in [0.1, 0.15) is 4.60 Å². The van der Waals surface area contributed by atoms with Gasteiger partial charge in [0, 0.05) is 12.7 Å². The Morgan fingerprint density at radius 2 is 2.32 bits per heavy atom. The summed E-state index contributed by atoms with van der Waals surface area (Å²) < 4.78 is 0.750. The molecule has 0 spiro atoms. The smallest absolute Gasteiger partial charge is 0.255 e. The number of aromatic nitrogens is 1. The number of halogens is 1. The largest absolute Gasteiger partial charge is 0.332 e. The number of hydrogen-bond donors (Lipinski definition) is 0. The van der Waals surface area contributed by atoms with Crippen LogP contribution >= 0.6 is 27.3 Å². The third-order valence-electron chi connectivity index (χ3n) is 3.42. The van der Waals surface area contributed by atoms with Crippen molar-refractivity contribution in [1.29, 1.82) is 0 Å². The van der Waals surface area contributed by atoms with Gasteiger partial charge in [0.25, 0.3) is 5.91 Å². The lowest BCUT2D eigenvalue weighted by atomic mass is 10.1. The van der Waals surface area contributed by atoms with Gasteiger partial charge < -0.3 is 4.90 Å². The number of rotatable bonds is 2. The van der Waals surface area contributed by atoms with Gasteiger partial charge in [-0.2, -0.15) is 11.3 Å². The summed E-state index contributed by atoms with van der Waals surface area (Å²) in [4.78, 5) is 18.6. The van der Waals surface area contributed by atoms with Gasteiger partial charge in [-0.3, -0.25) is 4.79 Å². The first-order chi connectivity index (χ1) is 9.25. The molecule has 5 heteroatoms. The first-order valence-corrected chi connectivity index (χ1v) is 7.94. The van der Waals surface area contributed by atoms with E-state index in [1.807, 2.05) is 17.0 Å². The molecule has 1 unspecified atom stereocenters. The van der Waals surface area contributed by atoms with E-state index in [4.69, 9.17) is 0 Å². The Balaban J connectivity index is 1.84. The molecule has 2 aromatic heterocycles. The number of carbonyl (C=O) groups excluding carboxylic acids is 1. The molecule has 3 nitrogen and oxygen atoms in total. The zero-order valence-electron chi connectivity index (χ0n) is 10.3. The molecule has 1 saturated heterocycles. The van der Waals surface area contributed by atoms with E-state index in [0.717, 1.165) is 24.0 Å². The van der Waals surface area contributed by atoms with Crippen molar-refractivity contribution in [2.24, 2.45) is 0 Å².